The predicted octanol–water partition coefficient (Wildman–Crippen LogP) is 3.00. The zero-order valence-corrected chi connectivity index (χ0v) is 8.75. The molecule has 3 atom stereocenters. The third kappa shape index (κ3) is 3.91. The van der Waals surface area contributed by atoms with Gasteiger partial charge in [0.1, 0.15) is 0 Å². The van der Waals surface area contributed by atoms with Gasteiger partial charge in [0.05, 0.1) is 6.10 Å². The second-order valence-electron chi connectivity index (χ2n) is 3.57. The largest absolute Gasteiger partial charge is 0.389 e. The second-order valence-corrected chi connectivity index (χ2v) is 3.57. The van der Waals surface area contributed by atoms with Crippen molar-refractivity contribution in [3.05, 3.63) is 12.2 Å². The Morgan fingerprint density at radius 3 is 2.25 bits per heavy atom. The molecule has 0 aliphatic carbocycles. The molecule has 0 aliphatic heterocycles. The minimum atomic E-state index is -0.264. The van der Waals surface area contributed by atoms with Crippen LogP contribution in [0.2, 0.25) is 0 Å². The van der Waals surface area contributed by atoms with Gasteiger partial charge in [0.25, 0.3) is 0 Å². The SMILES string of the molecule is CC/C=C/C(O)C(C)C(C)CC. The highest BCUT2D eigenvalue weighted by molar-refractivity contribution is 4.91. The summed E-state index contributed by atoms with van der Waals surface area (Å²) in [5.41, 5.74) is 0. The monoisotopic (exact) mass is 170 g/mol. The van der Waals surface area contributed by atoms with E-state index in [0.717, 1.165) is 12.8 Å². The number of rotatable bonds is 5. The molecule has 0 heterocycles. The molecule has 0 aromatic heterocycles. The van der Waals surface area contributed by atoms with E-state index in [-0.39, 0.29) is 6.10 Å². The van der Waals surface area contributed by atoms with Crippen molar-refractivity contribution < 1.29 is 5.11 Å². The zero-order chi connectivity index (χ0) is 9.56. The fraction of sp³-hybridized carbons (Fsp3) is 0.818. The molecule has 0 aliphatic rings. The molecule has 0 bridgehead atoms. The molecule has 1 nitrogen and oxygen atoms in total. The van der Waals surface area contributed by atoms with Gasteiger partial charge in [-0.2, -0.15) is 0 Å². The van der Waals surface area contributed by atoms with E-state index in [9.17, 15) is 5.11 Å². The van der Waals surface area contributed by atoms with Crippen molar-refractivity contribution >= 4 is 0 Å². The van der Waals surface area contributed by atoms with Gasteiger partial charge in [-0.05, 0) is 18.3 Å². The summed E-state index contributed by atoms with van der Waals surface area (Å²) >= 11 is 0. The molecule has 0 saturated carbocycles. The molecule has 0 amide bonds. The first-order valence-corrected chi connectivity index (χ1v) is 4.98. The zero-order valence-electron chi connectivity index (χ0n) is 8.75. The molecule has 0 aromatic carbocycles. The predicted molar refractivity (Wildman–Crippen MR) is 54.1 cm³/mol. The van der Waals surface area contributed by atoms with Crippen LogP contribution in [-0.4, -0.2) is 11.2 Å². The Balaban J connectivity index is 3.91. The first kappa shape index (κ1) is 11.7. The summed E-state index contributed by atoms with van der Waals surface area (Å²) in [6.07, 6.45) is 5.82. The quantitative estimate of drug-likeness (QED) is 0.629. The fourth-order valence-electron chi connectivity index (χ4n) is 1.16. The Morgan fingerprint density at radius 2 is 1.83 bits per heavy atom. The van der Waals surface area contributed by atoms with Gasteiger partial charge in [-0.15, -0.1) is 0 Å². The van der Waals surface area contributed by atoms with E-state index in [0.29, 0.717) is 11.8 Å². The summed E-state index contributed by atoms with van der Waals surface area (Å²) in [6.45, 7) is 8.54. The van der Waals surface area contributed by atoms with Crippen molar-refractivity contribution in [2.24, 2.45) is 11.8 Å². The van der Waals surface area contributed by atoms with E-state index in [1.165, 1.54) is 0 Å². The third-order valence-electron chi connectivity index (χ3n) is 2.65. The fourth-order valence-corrected chi connectivity index (χ4v) is 1.16. The summed E-state index contributed by atoms with van der Waals surface area (Å²) in [5, 5.41) is 9.66. The third-order valence-corrected chi connectivity index (χ3v) is 2.65. The highest BCUT2D eigenvalue weighted by atomic mass is 16.3. The lowest BCUT2D eigenvalue weighted by Crippen LogP contribution is -2.21. The van der Waals surface area contributed by atoms with Crippen LogP contribution in [0.5, 0.6) is 0 Å². The maximum absolute atomic E-state index is 9.66. The maximum Gasteiger partial charge on any atom is 0.0748 e. The van der Waals surface area contributed by atoms with Crippen LogP contribution in [0.15, 0.2) is 12.2 Å². The molecular formula is C11H22O. The highest BCUT2D eigenvalue weighted by Gasteiger charge is 2.16. The van der Waals surface area contributed by atoms with Crippen LogP contribution < -0.4 is 0 Å². The molecule has 1 N–H and O–H groups in total. The van der Waals surface area contributed by atoms with Crippen molar-refractivity contribution in [1.82, 2.24) is 0 Å². The Bertz CT molecular complexity index is 129. The van der Waals surface area contributed by atoms with Crippen LogP contribution in [0.25, 0.3) is 0 Å². The standard InChI is InChI=1S/C11H22O/c1-5-7-8-11(12)10(4)9(3)6-2/h7-12H,5-6H2,1-4H3/b8-7+. The van der Waals surface area contributed by atoms with Crippen molar-refractivity contribution in [1.29, 1.82) is 0 Å². The summed E-state index contributed by atoms with van der Waals surface area (Å²) in [6, 6.07) is 0. The topological polar surface area (TPSA) is 20.2 Å². The highest BCUT2D eigenvalue weighted by Crippen LogP contribution is 2.18. The molecule has 0 fully saturated rings. The molecule has 0 saturated heterocycles. The molecular weight excluding hydrogens is 148 g/mol. The minimum absolute atomic E-state index is 0.264. The Labute approximate surface area is 76.5 Å². The Kier molecular flexibility index (Phi) is 6.09. The molecule has 0 rings (SSSR count). The van der Waals surface area contributed by atoms with Crippen LogP contribution in [0.1, 0.15) is 40.5 Å². The van der Waals surface area contributed by atoms with Gasteiger partial charge in [-0.25, -0.2) is 0 Å². The number of allylic oxidation sites excluding steroid dienone is 1. The average molecular weight is 170 g/mol. The molecule has 72 valence electrons. The molecule has 0 aromatic rings. The van der Waals surface area contributed by atoms with Crippen molar-refractivity contribution in [3.63, 3.8) is 0 Å². The summed E-state index contributed by atoms with van der Waals surface area (Å²) in [4.78, 5) is 0. The first-order valence-electron chi connectivity index (χ1n) is 4.98. The molecule has 1 heteroatoms. The summed E-state index contributed by atoms with van der Waals surface area (Å²) < 4.78 is 0. The maximum atomic E-state index is 9.66. The van der Waals surface area contributed by atoms with E-state index < -0.39 is 0 Å². The number of hydrogen-bond acceptors (Lipinski definition) is 1. The van der Waals surface area contributed by atoms with Crippen molar-refractivity contribution in [2.45, 2.75) is 46.6 Å². The Hall–Kier alpha value is -0.300. The van der Waals surface area contributed by atoms with Crippen LogP contribution in [0, 0.1) is 11.8 Å². The lowest BCUT2D eigenvalue weighted by atomic mass is 9.88. The first-order chi connectivity index (χ1) is 5.63. The van der Waals surface area contributed by atoms with Gasteiger partial charge in [0, 0.05) is 0 Å². The summed E-state index contributed by atoms with van der Waals surface area (Å²) in [7, 11) is 0. The number of aliphatic hydroxyl groups excluding tert-OH is 1. The molecule has 12 heavy (non-hydrogen) atoms. The van der Waals surface area contributed by atoms with Crippen molar-refractivity contribution in [3.8, 4) is 0 Å². The van der Waals surface area contributed by atoms with Crippen LogP contribution >= 0.6 is 0 Å². The van der Waals surface area contributed by atoms with Gasteiger partial charge >= 0.3 is 0 Å². The number of hydrogen-bond donors (Lipinski definition) is 1. The van der Waals surface area contributed by atoms with E-state index in [1.807, 2.05) is 12.2 Å². The van der Waals surface area contributed by atoms with Crippen molar-refractivity contribution in [2.75, 3.05) is 0 Å². The van der Waals surface area contributed by atoms with Crippen LogP contribution in [0.4, 0.5) is 0 Å². The van der Waals surface area contributed by atoms with E-state index in [4.69, 9.17) is 0 Å². The smallest absolute Gasteiger partial charge is 0.0748 e. The molecule has 0 radical (unpaired) electrons. The van der Waals surface area contributed by atoms with Gasteiger partial charge in [0.2, 0.25) is 0 Å². The lowest BCUT2D eigenvalue weighted by Gasteiger charge is -2.21. The van der Waals surface area contributed by atoms with Gasteiger partial charge < -0.3 is 5.11 Å². The van der Waals surface area contributed by atoms with E-state index in [1.54, 1.807) is 0 Å². The van der Waals surface area contributed by atoms with Crippen LogP contribution in [0.3, 0.4) is 0 Å². The van der Waals surface area contributed by atoms with Gasteiger partial charge in [-0.1, -0.05) is 46.3 Å². The minimum Gasteiger partial charge on any atom is -0.389 e. The molecule has 0 spiro atoms. The lowest BCUT2D eigenvalue weighted by molar-refractivity contribution is 0.126. The average Bonchev–Trinajstić information content (AvgIpc) is 2.11. The Morgan fingerprint density at radius 1 is 1.25 bits per heavy atom. The number of aliphatic hydroxyl groups is 1. The van der Waals surface area contributed by atoms with Crippen LogP contribution in [-0.2, 0) is 0 Å². The normalized spacial score (nSPS) is 19.4. The summed E-state index contributed by atoms with van der Waals surface area (Å²) in [5.74, 6) is 0.972. The van der Waals surface area contributed by atoms with Gasteiger partial charge in [0.15, 0.2) is 0 Å². The van der Waals surface area contributed by atoms with E-state index in [2.05, 4.69) is 27.7 Å². The van der Waals surface area contributed by atoms with Gasteiger partial charge in [-0.3, -0.25) is 0 Å². The van der Waals surface area contributed by atoms with E-state index >= 15 is 0 Å². The molecule has 3 unspecified atom stereocenters. The second kappa shape index (κ2) is 6.24.